The Bertz CT molecular complexity index is 3660. The zero-order valence-electron chi connectivity index (χ0n) is 32.7. The van der Waals surface area contributed by atoms with Gasteiger partial charge in [0.05, 0.1) is 33.5 Å². The number of hydrogen-bond acceptors (Lipinski definition) is 5. The van der Waals surface area contributed by atoms with Gasteiger partial charge in [0.15, 0.2) is 7.14 Å². The van der Waals surface area contributed by atoms with Gasteiger partial charge in [-0.15, -0.1) is 0 Å². The van der Waals surface area contributed by atoms with Crippen LogP contribution in [0, 0.1) is 0 Å². The van der Waals surface area contributed by atoms with Crippen LogP contribution >= 0.6 is 7.14 Å². The lowest BCUT2D eigenvalue weighted by molar-refractivity contribution is 0.590. The SMILES string of the molecule is O=P1(c2ccccc2)c2ccccc2C2(c3ccccc3N(c3ccccc3)c3cc(-c4ccc5ccc6cccnc6c5n4)ccc32)c2cc3c(cc21)oc1ccccc13. The van der Waals surface area contributed by atoms with Crippen LogP contribution in [0.4, 0.5) is 17.1 Å². The highest BCUT2D eigenvalue weighted by Crippen LogP contribution is 2.63. The van der Waals surface area contributed by atoms with Crippen LogP contribution < -0.4 is 20.8 Å². The summed E-state index contributed by atoms with van der Waals surface area (Å²) in [5.41, 5.74) is 11.6. The first-order valence-electron chi connectivity index (χ1n) is 20.6. The maximum atomic E-state index is 16.6. The minimum absolute atomic E-state index is 0.723. The van der Waals surface area contributed by atoms with E-state index in [1.807, 2.05) is 60.8 Å². The number of fused-ring (bicyclic) bond motifs is 14. The number of aromatic nitrogens is 2. The summed E-state index contributed by atoms with van der Waals surface area (Å²) in [6.45, 7) is 0. The molecule has 2 aliphatic heterocycles. The number of furan rings is 1. The highest BCUT2D eigenvalue weighted by molar-refractivity contribution is 7.85. The first-order valence-corrected chi connectivity index (χ1v) is 22.3. The molecule has 13 rings (SSSR count). The second-order valence-corrected chi connectivity index (χ2v) is 18.7. The summed E-state index contributed by atoms with van der Waals surface area (Å²) >= 11 is 0. The molecule has 0 saturated carbocycles. The molecule has 5 nitrogen and oxygen atoms in total. The average Bonchev–Trinajstić information content (AvgIpc) is 3.70. The Balaban J connectivity index is 1.18. The van der Waals surface area contributed by atoms with Gasteiger partial charge in [-0.25, -0.2) is 4.98 Å². The summed E-state index contributed by atoms with van der Waals surface area (Å²) in [4.78, 5) is 12.5. The summed E-state index contributed by atoms with van der Waals surface area (Å²) in [6.07, 6.45) is 1.83. The van der Waals surface area contributed by atoms with Crippen molar-refractivity contribution >= 4 is 83.9 Å². The van der Waals surface area contributed by atoms with E-state index in [0.717, 1.165) is 110 Å². The molecule has 5 heterocycles. The smallest absolute Gasteiger partial charge is 0.171 e. The Morgan fingerprint density at radius 3 is 2.07 bits per heavy atom. The fourth-order valence-corrected chi connectivity index (χ4v) is 13.5. The van der Waals surface area contributed by atoms with E-state index >= 15 is 4.57 Å². The van der Waals surface area contributed by atoms with Crippen LogP contribution in [-0.2, 0) is 9.98 Å². The molecule has 8 aromatic carbocycles. The zero-order valence-corrected chi connectivity index (χ0v) is 33.6. The standard InChI is InChI=1S/C55H34N3O2P/c59-61(39-17-5-2-6-18-39)51-24-12-9-21-44(51)55(45-33-41-40-19-7-11-23-49(40)60-50(41)34-52(45)61)42-20-8-10-22-47(42)58(38-15-3-1-4-16-38)48-32-37(27-29-43(48)55)46-30-28-36-26-25-35-14-13-31-56-53(35)54(36)57-46/h1-34H. The van der Waals surface area contributed by atoms with E-state index in [9.17, 15) is 0 Å². The van der Waals surface area contributed by atoms with Crippen molar-refractivity contribution in [2.24, 2.45) is 0 Å². The average molecular weight is 800 g/mol. The van der Waals surface area contributed by atoms with E-state index in [2.05, 4.69) is 150 Å². The molecule has 0 radical (unpaired) electrons. The molecule has 0 bridgehead atoms. The molecule has 11 aromatic rings. The lowest BCUT2D eigenvalue weighted by atomic mass is 9.62. The topological polar surface area (TPSA) is 59.2 Å². The molecule has 0 aliphatic carbocycles. The fourth-order valence-electron chi connectivity index (χ4n) is 10.4. The van der Waals surface area contributed by atoms with Crippen molar-refractivity contribution in [2.75, 3.05) is 4.90 Å². The van der Waals surface area contributed by atoms with Crippen LogP contribution in [0.25, 0.3) is 55.0 Å². The van der Waals surface area contributed by atoms with Crippen molar-refractivity contribution in [1.82, 2.24) is 9.97 Å². The number of para-hydroxylation sites is 3. The first kappa shape index (κ1) is 34.3. The van der Waals surface area contributed by atoms with E-state index in [1.165, 1.54) is 0 Å². The summed E-state index contributed by atoms with van der Waals surface area (Å²) < 4.78 is 23.3. The number of pyridine rings is 2. The van der Waals surface area contributed by atoms with Crippen LogP contribution in [0.15, 0.2) is 211 Å². The van der Waals surface area contributed by atoms with Gasteiger partial charge in [0, 0.05) is 54.9 Å². The molecular formula is C55H34N3O2P. The van der Waals surface area contributed by atoms with Crippen molar-refractivity contribution in [3.05, 3.63) is 229 Å². The summed E-state index contributed by atoms with van der Waals surface area (Å²) in [6, 6.07) is 69.7. The molecule has 3 aromatic heterocycles. The molecular weight excluding hydrogens is 766 g/mol. The van der Waals surface area contributed by atoms with E-state index in [-0.39, 0.29) is 0 Å². The number of rotatable bonds is 3. The Kier molecular flexibility index (Phi) is 7.14. The van der Waals surface area contributed by atoms with Gasteiger partial charge in [-0.2, -0.15) is 0 Å². The number of anilines is 3. The lowest BCUT2D eigenvalue weighted by Crippen LogP contribution is -2.49. The van der Waals surface area contributed by atoms with Crippen LogP contribution in [0.1, 0.15) is 22.3 Å². The van der Waals surface area contributed by atoms with Gasteiger partial charge in [-0.1, -0.05) is 146 Å². The van der Waals surface area contributed by atoms with Crippen molar-refractivity contribution in [2.45, 2.75) is 5.41 Å². The molecule has 1 spiro atoms. The number of nitrogens with zero attached hydrogens (tertiary/aromatic N) is 3. The van der Waals surface area contributed by atoms with E-state index < -0.39 is 12.6 Å². The van der Waals surface area contributed by atoms with E-state index in [4.69, 9.17) is 14.4 Å². The third-order valence-electron chi connectivity index (χ3n) is 12.9. The van der Waals surface area contributed by atoms with Crippen LogP contribution in [0.5, 0.6) is 0 Å². The van der Waals surface area contributed by atoms with Gasteiger partial charge in [-0.3, -0.25) is 4.98 Å². The van der Waals surface area contributed by atoms with Crippen molar-refractivity contribution < 1.29 is 8.98 Å². The summed E-state index contributed by atoms with van der Waals surface area (Å²) in [5, 5.41) is 6.54. The largest absolute Gasteiger partial charge is 0.456 e. The fraction of sp³-hybridized carbons (Fsp3) is 0.0182. The molecule has 286 valence electrons. The summed E-state index contributed by atoms with van der Waals surface area (Å²) in [5.74, 6) is 0. The molecule has 0 saturated heterocycles. The van der Waals surface area contributed by atoms with Crippen molar-refractivity contribution in [3.63, 3.8) is 0 Å². The lowest BCUT2D eigenvalue weighted by Gasteiger charge is -2.50. The normalized spacial score (nSPS) is 17.7. The third kappa shape index (κ3) is 4.64. The predicted molar refractivity (Wildman–Crippen MR) is 249 cm³/mol. The number of hydrogen-bond donors (Lipinski definition) is 0. The highest BCUT2D eigenvalue weighted by atomic mass is 31.2. The second kappa shape index (κ2) is 12.7. The monoisotopic (exact) mass is 799 g/mol. The maximum Gasteiger partial charge on any atom is 0.171 e. The van der Waals surface area contributed by atoms with Gasteiger partial charge in [0.2, 0.25) is 0 Å². The second-order valence-electron chi connectivity index (χ2n) is 16.0. The van der Waals surface area contributed by atoms with Gasteiger partial charge in [0.25, 0.3) is 0 Å². The van der Waals surface area contributed by atoms with Crippen molar-refractivity contribution in [3.8, 4) is 11.3 Å². The van der Waals surface area contributed by atoms with Crippen molar-refractivity contribution in [1.29, 1.82) is 0 Å². The molecule has 0 amide bonds. The molecule has 0 N–H and O–H groups in total. The molecule has 6 heteroatoms. The molecule has 2 aliphatic rings. The molecule has 2 unspecified atom stereocenters. The van der Waals surface area contributed by atoms with Crippen LogP contribution in [0.2, 0.25) is 0 Å². The van der Waals surface area contributed by atoms with Gasteiger partial charge in [0.1, 0.15) is 11.2 Å². The Hall–Kier alpha value is -7.59. The first-order chi connectivity index (χ1) is 30.1. The molecule has 0 fully saturated rings. The Morgan fingerprint density at radius 1 is 0.492 bits per heavy atom. The summed E-state index contributed by atoms with van der Waals surface area (Å²) in [7, 11) is -3.47. The van der Waals surface area contributed by atoms with Gasteiger partial charge in [-0.05, 0) is 76.9 Å². The van der Waals surface area contributed by atoms with Gasteiger partial charge < -0.3 is 13.9 Å². The van der Waals surface area contributed by atoms with Crippen LogP contribution in [0.3, 0.4) is 0 Å². The number of benzene rings is 8. The van der Waals surface area contributed by atoms with Gasteiger partial charge >= 0.3 is 0 Å². The maximum absolute atomic E-state index is 16.6. The van der Waals surface area contributed by atoms with Crippen LogP contribution in [-0.4, -0.2) is 9.97 Å². The minimum Gasteiger partial charge on any atom is -0.456 e. The highest BCUT2D eigenvalue weighted by Gasteiger charge is 2.55. The Labute approximate surface area is 351 Å². The van der Waals surface area contributed by atoms with E-state index in [1.54, 1.807) is 0 Å². The third-order valence-corrected chi connectivity index (χ3v) is 16.1. The predicted octanol–water partition coefficient (Wildman–Crippen LogP) is 12.5. The minimum atomic E-state index is -3.47. The molecule has 61 heavy (non-hydrogen) atoms. The zero-order chi connectivity index (χ0) is 40.3. The molecule has 2 atom stereocenters. The quantitative estimate of drug-likeness (QED) is 0.132. The van der Waals surface area contributed by atoms with E-state index in [0.29, 0.717) is 0 Å². The Morgan fingerprint density at radius 2 is 1.20 bits per heavy atom.